The molecule has 27 heavy (non-hydrogen) atoms. The molecule has 1 heterocycles. The maximum Gasteiger partial charge on any atom is 0.325 e. The fourth-order valence-corrected chi connectivity index (χ4v) is 2.66. The molecule has 4 atom stereocenters. The first-order valence-electron chi connectivity index (χ1n) is 8.53. The fourth-order valence-electron chi connectivity index (χ4n) is 2.66. The SMILES string of the molecule is CC(NC(=O)C(NC(=O)C(N)Cc1c[nH]c2ccccc12)C(C)O)C(=O)O. The van der Waals surface area contributed by atoms with Crippen molar-refractivity contribution in [3.8, 4) is 0 Å². The van der Waals surface area contributed by atoms with E-state index in [4.69, 9.17) is 10.8 Å². The minimum absolute atomic E-state index is 0.232. The Morgan fingerprint density at radius 1 is 1.15 bits per heavy atom. The lowest BCUT2D eigenvalue weighted by molar-refractivity contribution is -0.142. The number of aromatic amines is 1. The number of carbonyl (C=O) groups is 3. The molecular weight excluding hydrogens is 352 g/mol. The largest absolute Gasteiger partial charge is 0.480 e. The van der Waals surface area contributed by atoms with Crippen molar-refractivity contribution in [2.24, 2.45) is 5.73 Å². The first-order chi connectivity index (χ1) is 12.7. The monoisotopic (exact) mass is 376 g/mol. The van der Waals surface area contributed by atoms with E-state index in [0.29, 0.717) is 0 Å². The van der Waals surface area contributed by atoms with Crippen LogP contribution in [-0.2, 0) is 20.8 Å². The quantitative estimate of drug-likeness (QED) is 0.364. The number of hydrogen-bond acceptors (Lipinski definition) is 5. The molecule has 2 aromatic rings. The first kappa shape index (κ1) is 20.4. The van der Waals surface area contributed by atoms with Crippen molar-refractivity contribution in [1.82, 2.24) is 15.6 Å². The van der Waals surface area contributed by atoms with E-state index in [9.17, 15) is 19.5 Å². The van der Waals surface area contributed by atoms with Gasteiger partial charge in [-0.1, -0.05) is 18.2 Å². The van der Waals surface area contributed by atoms with Gasteiger partial charge in [-0.15, -0.1) is 0 Å². The van der Waals surface area contributed by atoms with Gasteiger partial charge in [0.25, 0.3) is 0 Å². The van der Waals surface area contributed by atoms with E-state index in [1.807, 2.05) is 24.3 Å². The van der Waals surface area contributed by atoms with Crippen LogP contribution in [0.4, 0.5) is 0 Å². The van der Waals surface area contributed by atoms with Crippen LogP contribution in [0.2, 0.25) is 0 Å². The number of aliphatic carboxylic acids is 1. The number of rotatable bonds is 8. The average molecular weight is 376 g/mol. The number of fused-ring (bicyclic) bond motifs is 1. The summed E-state index contributed by atoms with van der Waals surface area (Å²) in [6.07, 6.45) is 0.774. The molecule has 2 rings (SSSR count). The average Bonchev–Trinajstić information content (AvgIpc) is 3.01. The zero-order valence-corrected chi connectivity index (χ0v) is 15.1. The number of nitrogens with one attached hydrogen (secondary N) is 3. The number of carboxylic acid groups (broad SMARTS) is 1. The Morgan fingerprint density at radius 2 is 1.81 bits per heavy atom. The second kappa shape index (κ2) is 8.65. The highest BCUT2D eigenvalue weighted by atomic mass is 16.4. The lowest BCUT2D eigenvalue weighted by Crippen LogP contribution is -2.58. The maximum atomic E-state index is 12.4. The van der Waals surface area contributed by atoms with E-state index in [2.05, 4.69) is 15.6 Å². The number of aliphatic hydroxyl groups excluding tert-OH is 1. The molecule has 0 radical (unpaired) electrons. The summed E-state index contributed by atoms with van der Waals surface area (Å²) in [7, 11) is 0. The van der Waals surface area contributed by atoms with Crippen LogP contribution in [-0.4, -0.2) is 57.2 Å². The number of carboxylic acids is 1. The maximum absolute atomic E-state index is 12.4. The molecule has 0 aliphatic heterocycles. The predicted octanol–water partition coefficient (Wildman–Crippen LogP) is -0.507. The topological polar surface area (TPSA) is 158 Å². The van der Waals surface area contributed by atoms with Gasteiger partial charge in [-0.2, -0.15) is 0 Å². The second-order valence-corrected chi connectivity index (χ2v) is 6.47. The molecule has 4 unspecified atom stereocenters. The number of benzene rings is 1. The van der Waals surface area contributed by atoms with Gasteiger partial charge in [0.1, 0.15) is 12.1 Å². The van der Waals surface area contributed by atoms with Crippen LogP contribution < -0.4 is 16.4 Å². The Hall–Kier alpha value is -2.91. The highest BCUT2D eigenvalue weighted by Crippen LogP contribution is 2.18. The van der Waals surface area contributed by atoms with Crippen molar-refractivity contribution in [2.45, 2.75) is 44.5 Å². The van der Waals surface area contributed by atoms with Crippen molar-refractivity contribution in [3.05, 3.63) is 36.0 Å². The van der Waals surface area contributed by atoms with Crippen LogP contribution in [0.1, 0.15) is 19.4 Å². The predicted molar refractivity (Wildman–Crippen MR) is 98.8 cm³/mol. The van der Waals surface area contributed by atoms with Gasteiger partial charge in [-0.3, -0.25) is 14.4 Å². The Balaban J connectivity index is 2.03. The van der Waals surface area contributed by atoms with Gasteiger partial charge in [-0.05, 0) is 31.9 Å². The number of para-hydroxylation sites is 1. The molecule has 9 heteroatoms. The van der Waals surface area contributed by atoms with E-state index in [1.165, 1.54) is 13.8 Å². The number of amides is 2. The number of aromatic nitrogens is 1. The smallest absolute Gasteiger partial charge is 0.325 e. The van der Waals surface area contributed by atoms with Gasteiger partial charge in [0.2, 0.25) is 11.8 Å². The summed E-state index contributed by atoms with van der Waals surface area (Å²) >= 11 is 0. The van der Waals surface area contributed by atoms with Gasteiger partial charge < -0.3 is 31.6 Å². The molecule has 0 saturated heterocycles. The van der Waals surface area contributed by atoms with Crippen molar-refractivity contribution in [2.75, 3.05) is 0 Å². The van der Waals surface area contributed by atoms with Gasteiger partial charge in [-0.25, -0.2) is 0 Å². The third-order valence-electron chi connectivity index (χ3n) is 4.24. The molecule has 0 fully saturated rings. The zero-order valence-electron chi connectivity index (χ0n) is 15.1. The van der Waals surface area contributed by atoms with Crippen molar-refractivity contribution in [3.63, 3.8) is 0 Å². The Morgan fingerprint density at radius 3 is 2.44 bits per heavy atom. The molecule has 0 aliphatic carbocycles. The minimum atomic E-state index is -1.31. The molecule has 9 nitrogen and oxygen atoms in total. The number of hydrogen-bond donors (Lipinski definition) is 6. The van der Waals surface area contributed by atoms with E-state index < -0.39 is 42.0 Å². The van der Waals surface area contributed by atoms with Crippen molar-refractivity contribution < 1.29 is 24.6 Å². The standard InChI is InChI=1S/C18H24N4O5/c1-9(18(26)27)21-17(25)15(10(2)23)22-16(24)13(19)7-11-8-20-14-6-4-3-5-12(11)14/h3-6,8-10,13,15,20,23H,7,19H2,1-2H3,(H,21,25)(H,22,24)(H,26,27). The minimum Gasteiger partial charge on any atom is -0.480 e. The van der Waals surface area contributed by atoms with Gasteiger partial charge >= 0.3 is 5.97 Å². The van der Waals surface area contributed by atoms with Crippen molar-refractivity contribution in [1.29, 1.82) is 0 Å². The summed E-state index contributed by atoms with van der Waals surface area (Å²) in [6.45, 7) is 2.60. The third kappa shape index (κ3) is 5.05. The molecule has 146 valence electrons. The van der Waals surface area contributed by atoms with Crippen LogP contribution in [0.15, 0.2) is 30.5 Å². The summed E-state index contributed by atoms with van der Waals surface area (Å²) in [6, 6.07) is 4.16. The van der Waals surface area contributed by atoms with Gasteiger partial charge in [0.15, 0.2) is 0 Å². The third-order valence-corrected chi connectivity index (χ3v) is 4.24. The molecule has 0 aliphatic rings. The Labute approximate surface area is 155 Å². The van der Waals surface area contributed by atoms with Gasteiger partial charge in [0, 0.05) is 17.1 Å². The number of aliphatic hydroxyl groups is 1. The van der Waals surface area contributed by atoms with Crippen LogP contribution in [0.5, 0.6) is 0 Å². The van der Waals surface area contributed by atoms with Crippen LogP contribution in [0.3, 0.4) is 0 Å². The van der Waals surface area contributed by atoms with Crippen LogP contribution >= 0.6 is 0 Å². The van der Waals surface area contributed by atoms with E-state index in [0.717, 1.165) is 16.5 Å². The lowest BCUT2D eigenvalue weighted by atomic mass is 10.0. The highest BCUT2D eigenvalue weighted by Gasteiger charge is 2.29. The highest BCUT2D eigenvalue weighted by molar-refractivity contribution is 5.92. The molecule has 1 aromatic heterocycles. The molecule has 1 aromatic carbocycles. The molecule has 0 spiro atoms. The van der Waals surface area contributed by atoms with E-state index >= 15 is 0 Å². The number of nitrogens with two attached hydrogens (primary N) is 1. The lowest BCUT2D eigenvalue weighted by Gasteiger charge is -2.23. The summed E-state index contributed by atoms with van der Waals surface area (Å²) in [4.78, 5) is 38.5. The molecule has 0 saturated carbocycles. The Bertz CT molecular complexity index is 832. The zero-order chi connectivity index (χ0) is 20.1. The summed E-state index contributed by atoms with van der Waals surface area (Å²) in [5.74, 6) is -2.65. The van der Waals surface area contributed by atoms with Crippen LogP contribution in [0, 0.1) is 0 Å². The summed E-state index contributed by atoms with van der Waals surface area (Å²) in [5, 5.41) is 24.2. The molecular formula is C18H24N4O5. The van der Waals surface area contributed by atoms with Gasteiger partial charge in [0.05, 0.1) is 12.1 Å². The normalized spacial score (nSPS) is 15.6. The Kier molecular flexibility index (Phi) is 6.54. The van der Waals surface area contributed by atoms with E-state index in [-0.39, 0.29) is 6.42 Å². The first-order valence-corrected chi connectivity index (χ1v) is 8.53. The molecule has 2 amide bonds. The number of carbonyl (C=O) groups excluding carboxylic acids is 2. The molecule has 0 bridgehead atoms. The van der Waals surface area contributed by atoms with Crippen molar-refractivity contribution >= 4 is 28.7 Å². The summed E-state index contributed by atoms with van der Waals surface area (Å²) < 4.78 is 0. The van der Waals surface area contributed by atoms with E-state index in [1.54, 1.807) is 6.20 Å². The second-order valence-electron chi connectivity index (χ2n) is 6.47. The fraction of sp³-hybridized carbons (Fsp3) is 0.389. The number of H-pyrrole nitrogens is 1. The van der Waals surface area contributed by atoms with Crippen LogP contribution in [0.25, 0.3) is 10.9 Å². The summed E-state index contributed by atoms with van der Waals surface area (Å²) in [5.41, 5.74) is 7.74. The molecule has 7 N–H and O–H groups in total.